The zero-order valence-corrected chi connectivity index (χ0v) is 22.6. The van der Waals surface area contributed by atoms with E-state index in [1.54, 1.807) is 36.1 Å². The highest BCUT2D eigenvalue weighted by Gasteiger charge is 2.53. The van der Waals surface area contributed by atoms with Crippen LogP contribution in [0.2, 0.25) is 0 Å². The summed E-state index contributed by atoms with van der Waals surface area (Å²) in [5, 5.41) is 12.5. The van der Waals surface area contributed by atoms with Crippen LogP contribution in [0.5, 0.6) is 0 Å². The number of ether oxygens (including phenoxy) is 1. The van der Waals surface area contributed by atoms with Gasteiger partial charge in [0.2, 0.25) is 0 Å². The summed E-state index contributed by atoms with van der Waals surface area (Å²) in [7, 11) is 0. The van der Waals surface area contributed by atoms with Gasteiger partial charge < -0.3 is 24.4 Å². The molecule has 40 heavy (non-hydrogen) atoms. The third-order valence-corrected chi connectivity index (χ3v) is 7.27. The van der Waals surface area contributed by atoms with Crippen molar-refractivity contribution in [2.75, 3.05) is 38.1 Å². The van der Waals surface area contributed by atoms with Gasteiger partial charge in [0.25, 0.3) is 5.91 Å². The molecule has 2 aromatic rings. The molecule has 3 heterocycles. The first-order valence-corrected chi connectivity index (χ1v) is 13.3. The molecule has 2 fully saturated rings. The van der Waals surface area contributed by atoms with Crippen LogP contribution < -0.4 is 11.0 Å². The van der Waals surface area contributed by atoms with Crippen molar-refractivity contribution in [2.45, 2.75) is 51.3 Å². The van der Waals surface area contributed by atoms with Gasteiger partial charge in [0.1, 0.15) is 23.9 Å². The van der Waals surface area contributed by atoms with Crippen molar-refractivity contribution in [1.29, 1.82) is 0 Å². The largest absolute Gasteiger partial charge is 0.465 e. The number of aldehydes is 1. The lowest BCUT2D eigenvalue weighted by Gasteiger charge is -2.40. The molecule has 2 atom stereocenters. The summed E-state index contributed by atoms with van der Waals surface area (Å²) in [6.45, 7) is 4.47. The van der Waals surface area contributed by atoms with E-state index in [4.69, 9.17) is 4.74 Å². The van der Waals surface area contributed by atoms with E-state index in [0.717, 1.165) is 29.6 Å². The van der Waals surface area contributed by atoms with Crippen molar-refractivity contribution >= 4 is 30.1 Å². The smallest absolute Gasteiger partial charge is 0.410 e. The van der Waals surface area contributed by atoms with Gasteiger partial charge in [-0.3, -0.25) is 19.6 Å². The van der Waals surface area contributed by atoms with E-state index in [9.17, 15) is 29.1 Å². The molecule has 214 valence electrons. The fourth-order valence-corrected chi connectivity index (χ4v) is 5.01. The van der Waals surface area contributed by atoms with Gasteiger partial charge in [0, 0.05) is 38.8 Å². The van der Waals surface area contributed by atoms with E-state index in [0.29, 0.717) is 12.1 Å². The van der Waals surface area contributed by atoms with Crippen LogP contribution in [-0.2, 0) is 20.7 Å². The first-order chi connectivity index (χ1) is 19.2. The Bertz CT molecular complexity index is 1310. The average molecular weight is 555 g/mol. The normalized spacial score (nSPS) is 20.9. The summed E-state index contributed by atoms with van der Waals surface area (Å²) in [6, 6.07) is 7.97. The van der Waals surface area contributed by atoms with Gasteiger partial charge in [0.05, 0.1) is 12.3 Å². The molecule has 4 rings (SSSR count). The minimum Gasteiger partial charge on any atom is -0.465 e. The quantitative estimate of drug-likeness (QED) is 0.469. The Kier molecular flexibility index (Phi) is 8.83. The first kappa shape index (κ1) is 28.7. The zero-order chi connectivity index (χ0) is 28.9. The molecule has 0 spiro atoms. The fraction of sp³-hybridized carbons (Fsp3) is 0.481. The van der Waals surface area contributed by atoms with Gasteiger partial charge in [-0.25, -0.2) is 14.4 Å². The minimum absolute atomic E-state index is 0.0205. The standard InChI is InChI=1S/C27H34N6O7/c1-3-4-5-22-33(26(38)39)27(2,18-40-22)23(35)30-13-15-31(16-14-30)24(36)28-21-10-12-32(25(37)29-21)20-8-6-19(7-9-20)11-17-34/h6-10,12,17,22H,3-5,11,13-16,18H2,1-2H3,(H,38,39)(H,28,29,36,37). The van der Waals surface area contributed by atoms with Crippen LogP contribution in [0.15, 0.2) is 41.3 Å². The molecule has 2 aliphatic heterocycles. The maximum Gasteiger partial charge on any atom is 0.410 e. The molecule has 0 saturated carbocycles. The maximum atomic E-state index is 13.4. The number of benzene rings is 1. The number of aromatic nitrogens is 2. The summed E-state index contributed by atoms with van der Waals surface area (Å²) < 4.78 is 7.04. The van der Waals surface area contributed by atoms with Crippen molar-refractivity contribution in [3.8, 4) is 5.69 Å². The molecule has 13 nitrogen and oxygen atoms in total. The van der Waals surface area contributed by atoms with Gasteiger partial charge >= 0.3 is 17.8 Å². The number of carboxylic acid groups (broad SMARTS) is 1. The molecule has 2 aliphatic rings. The predicted octanol–water partition coefficient (Wildman–Crippen LogP) is 1.94. The number of nitrogens with zero attached hydrogens (tertiary/aromatic N) is 5. The number of anilines is 1. The number of nitrogens with one attached hydrogen (secondary N) is 1. The topological polar surface area (TPSA) is 154 Å². The van der Waals surface area contributed by atoms with E-state index in [2.05, 4.69) is 10.3 Å². The molecule has 2 saturated heterocycles. The van der Waals surface area contributed by atoms with Crippen molar-refractivity contribution < 1.29 is 29.0 Å². The molecular formula is C27H34N6O7. The van der Waals surface area contributed by atoms with Crippen LogP contribution in [0.1, 0.15) is 38.7 Å². The van der Waals surface area contributed by atoms with Crippen LogP contribution in [0.25, 0.3) is 5.69 Å². The Balaban J connectivity index is 1.34. The second kappa shape index (κ2) is 12.3. The van der Waals surface area contributed by atoms with Crippen molar-refractivity contribution in [3.63, 3.8) is 0 Å². The zero-order valence-electron chi connectivity index (χ0n) is 22.6. The van der Waals surface area contributed by atoms with E-state index >= 15 is 0 Å². The number of urea groups is 1. The van der Waals surface area contributed by atoms with E-state index < -0.39 is 29.6 Å². The molecular weight excluding hydrogens is 520 g/mol. The monoisotopic (exact) mass is 554 g/mol. The van der Waals surface area contributed by atoms with Crippen LogP contribution >= 0.6 is 0 Å². The van der Waals surface area contributed by atoms with Gasteiger partial charge in [-0.1, -0.05) is 25.5 Å². The predicted molar refractivity (Wildman–Crippen MR) is 144 cm³/mol. The van der Waals surface area contributed by atoms with Gasteiger partial charge in [-0.05, 0) is 43.5 Å². The number of carbonyl (C=O) groups is 4. The fourth-order valence-electron chi connectivity index (χ4n) is 5.01. The highest BCUT2D eigenvalue weighted by atomic mass is 16.5. The Hall–Kier alpha value is -4.26. The Morgan fingerprint density at radius 3 is 2.40 bits per heavy atom. The molecule has 1 aromatic heterocycles. The van der Waals surface area contributed by atoms with Gasteiger partial charge in [0.15, 0.2) is 0 Å². The van der Waals surface area contributed by atoms with Gasteiger partial charge in [-0.15, -0.1) is 0 Å². The van der Waals surface area contributed by atoms with E-state index in [-0.39, 0.29) is 50.9 Å². The molecule has 0 radical (unpaired) electrons. The number of hydrogen-bond donors (Lipinski definition) is 2. The molecule has 2 N–H and O–H groups in total. The Labute approximate surface area is 231 Å². The first-order valence-electron chi connectivity index (χ1n) is 13.3. The Morgan fingerprint density at radius 2 is 1.80 bits per heavy atom. The van der Waals surface area contributed by atoms with E-state index in [1.807, 2.05) is 6.92 Å². The molecule has 2 unspecified atom stereocenters. The van der Waals surface area contributed by atoms with E-state index in [1.165, 1.54) is 21.7 Å². The number of carbonyl (C=O) groups excluding carboxylic acids is 3. The minimum atomic E-state index is -1.34. The lowest BCUT2D eigenvalue weighted by atomic mass is 9.99. The summed E-state index contributed by atoms with van der Waals surface area (Å²) in [5.74, 6) is -0.258. The number of piperazine rings is 1. The van der Waals surface area contributed by atoms with Crippen LogP contribution in [-0.4, -0.2) is 98.2 Å². The average Bonchev–Trinajstić information content (AvgIpc) is 3.29. The van der Waals surface area contributed by atoms with Crippen molar-refractivity contribution in [2.24, 2.45) is 0 Å². The second-order valence-corrected chi connectivity index (χ2v) is 10.0. The van der Waals surface area contributed by atoms with Crippen LogP contribution in [0.4, 0.5) is 15.4 Å². The molecule has 4 amide bonds. The number of unbranched alkanes of at least 4 members (excludes halogenated alkanes) is 1. The molecule has 0 aliphatic carbocycles. The SMILES string of the molecule is CCCCC1OCC(C)(C(=O)N2CCN(C(=O)Nc3ccn(-c4ccc(CC=O)cc4)c(=O)n3)CC2)N1C(=O)O. The van der Waals surface area contributed by atoms with Crippen molar-refractivity contribution in [3.05, 3.63) is 52.6 Å². The lowest BCUT2D eigenvalue weighted by Crippen LogP contribution is -2.62. The summed E-state index contributed by atoms with van der Waals surface area (Å²) in [6.07, 6.45) is 2.92. The molecule has 13 heteroatoms. The summed E-state index contributed by atoms with van der Waals surface area (Å²) >= 11 is 0. The highest BCUT2D eigenvalue weighted by molar-refractivity contribution is 5.91. The molecule has 1 aromatic carbocycles. The number of hydrogen-bond acceptors (Lipinski definition) is 7. The number of amides is 4. The Morgan fingerprint density at radius 1 is 1.12 bits per heavy atom. The van der Waals surface area contributed by atoms with Crippen LogP contribution in [0.3, 0.4) is 0 Å². The lowest BCUT2D eigenvalue weighted by molar-refractivity contribution is -0.142. The third kappa shape index (κ3) is 5.98. The summed E-state index contributed by atoms with van der Waals surface area (Å²) in [4.78, 5) is 69.7. The third-order valence-electron chi connectivity index (χ3n) is 7.27. The summed E-state index contributed by atoms with van der Waals surface area (Å²) in [5.41, 5.74) is -0.516. The van der Waals surface area contributed by atoms with Crippen molar-refractivity contribution in [1.82, 2.24) is 24.3 Å². The number of rotatable bonds is 8. The highest BCUT2D eigenvalue weighted by Crippen LogP contribution is 2.32. The second-order valence-electron chi connectivity index (χ2n) is 10.0. The maximum absolute atomic E-state index is 13.4. The van der Waals surface area contributed by atoms with Crippen LogP contribution in [0, 0.1) is 0 Å². The van der Waals surface area contributed by atoms with Gasteiger partial charge in [-0.2, -0.15) is 4.98 Å². The molecule has 0 bridgehead atoms.